The van der Waals surface area contributed by atoms with Crippen molar-refractivity contribution in [3.05, 3.63) is 0 Å². The molecule has 0 radical (unpaired) electrons. The summed E-state index contributed by atoms with van der Waals surface area (Å²) < 4.78 is 5.02. The van der Waals surface area contributed by atoms with E-state index >= 15 is 0 Å². The maximum absolute atomic E-state index is 12.4. The summed E-state index contributed by atoms with van der Waals surface area (Å²) in [4.78, 5) is 63.9. The van der Waals surface area contributed by atoms with Gasteiger partial charge in [0.05, 0.1) is 26.2 Å². The van der Waals surface area contributed by atoms with E-state index in [9.17, 15) is 24.0 Å². The van der Waals surface area contributed by atoms with E-state index in [1.165, 1.54) is 0 Å². The number of imide groups is 2. The van der Waals surface area contributed by atoms with Crippen molar-refractivity contribution in [1.82, 2.24) is 20.0 Å². The van der Waals surface area contributed by atoms with E-state index < -0.39 is 17.8 Å². The van der Waals surface area contributed by atoms with Gasteiger partial charge in [-0.3, -0.25) is 39.1 Å². The van der Waals surface area contributed by atoms with Gasteiger partial charge >= 0.3 is 5.97 Å². The normalized spacial score (nSPS) is 21.5. The average molecular weight is 396 g/mol. The number of ether oxygens (including phenoxy) is 1. The van der Waals surface area contributed by atoms with Crippen LogP contribution in [0.3, 0.4) is 0 Å². The Morgan fingerprint density at radius 2 is 1.46 bits per heavy atom. The first-order chi connectivity index (χ1) is 13.2. The van der Waals surface area contributed by atoms with Crippen LogP contribution in [-0.4, -0.2) is 89.3 Å². The molecule has 2 unspecified atom stereocenters. The lowest BCUT2D eigenvalue weighted by atomic mass is 10.1. The maximum atomic E-state index is 12.4. The molecule has 0 spiro atoms. The molecule has 2 atom stereocenters. The van der Waals surface area contributed by atoms with Crippen molar-refractivity contribution < 1.29 is 28.7 Å². The minimum atomic E-state index is -0.439. The van der Waals surface area contributed by atoms with Crippen LogP contribution in [0.25, 0.3) is 0 Å². The standard InChI is InChI=1S/C18H28N4O6/c1-4-5-6-18(27)28-11-22-16(25)9-21(10-17(22)26)13(3)12(2)20-7-14(23)19-15(24)8-20/h12-13H,4-11H2,1-3H3,(H,19,23,24). The molecule has 0 bridgehead atoms. The van der Waals surface area contributed by atoms with Crippen LogP contribution in [0.2, 0.25) is 0 Å². The van der Waals surface area contributed by atoms with Crippen LogP contribution in [0, 0.1) is 0 Å². The third-order valence-electron chi connectivity index (χ3n) is 5.19. The topological polar surface area (TPSA) is 116 Å². The molecule has 10 nitrogen and oxygen atoms in total. The second kappa shape index (κ2) is 9.74. The molecule has 0 aromatic carbocycles. The Balaban J connectivity index is 1.90. The highest BCUT2D eigenvalue weighted by Gasteiger charge is 2.37. The zero-order valence-electron chi connectivity index (χ0n) is 16.6. The summed E-state index contributed by atoms with van der Waals surface area (Å²) in [5.41, 5.74) is 0. The minimum Gasteiger partial charge on any atom is -0.444 e. The lowest BCUT2D eigenvalue weighted by molar-refractivity contribution is -0.165. The number of piperazine rings is 2. The molecule has 156 valence electrons. The summed E-state index contributed by atoms with van der Waals surface area (Å²) in [6.45, 7) is 5.47. The number of hydrogen-bond donors (Lipinski definition) is 1. The number of rotatable bonds is 8. The largest absolute Gasteiger partial charge is 0.444 e. The third kappa shape index (κ3) is 5.59. The predicted molar refractivity (Wildman–Crippen MR) is 97.6 cm³/mol. The first-order valence-electron chi connectivity index (χ1n) is 9.52. The second-order valence-electron chi connectivity index (χ2n) is 7.23. The zero-order chi connectivity index (χ0) is 20.8. The zero-order valence-corrected chi connectivity index (χ0v) is 16.6. The molecule has 2 fully saturated rings. The van der Waals surface area contributed by atoms with Crippen molar-refractivity contribution in [2.75, 3.05) is 32.9 Å². The predicted octanol–water partition coefficient (Wildman–Crippen LogP) is -0.916. The van der Waals surface area contributed by atoms with Crippen LogP contribution < -0.4 is 5.32 Å². The molecule has 2 aliphatic rings. The molecule has 28 heavy (non-hydrogen) atoms. The van der Waals surface area contributed by atoms with Crippen LogP contribution in [-0.2, 0) is 28.7 Å². The highest BCUT2D eigenvalue weighted by Crippen LogP contribution is 2.16. The Kier molecular flexibility index (Phi) is 7.64. The molecule has 10 heteroatoms. The van der Waals surface area contributed by atoms with Gasteiger partial charge in [-0.2, -0.15) is 0 Å². The summed E-state index contributed by atoms with van der Waals surface area (Å²) in [5.74, 6) is -2.04. The lowest BCUT2D eigenvalue weighted by Crippen LogP contribution is -2.62. The Hall–Kier alpha value is -2.33. The summed E-state index contributed by atoms with van der Waals surface area (Å²) in [6, 6.07) is -0.449. The van der Waals surface area contributed by atoms with E-state index in [2.05, 4.69) is 5.32 Å². The number of carbonyl (C=O) groups is 5. The van der Waals surface area contributed by atoms with Crippen LogP contribution >= 0.6 is 0 Å². The number of hydrogen-bond acceptors (Lipinski definition) is 8. The minimum absolute atomic E-state index is 0.00224. The van der Waals surface area contributed by atoms with Crippen molar-refractivity contribution in [1.29, 1.82) is 0 Å². The van der Waals surface area contributed by atoms with Gasteiger partial charge in [-0.1, -0.05) is 13.3 Å². The second-order valence-corrected chi connectivity index (χ2v) is 7.23. The van der Waals surface area contributed by atoms with Crippen LogP contribution in [0.1, 0.15) is 40.0 Å². The van der Waals surface area contributed by atoms with Gasteiger partial charge in [-0.15, -0.1) is 0 Å². The molecule has 0 aliphatic carbocycles. The number of carbonyl (C=O) groups excluding carboxylic acids is 5. The molecule has 2 saturated heterocycles. The Morgan fingerprint density at radius 1 is 0.964 bits per heavy atom. The SMILES string of the molecule is CCCCC(=O)OCN1C(=O)CN(C(C)C(C)N2CC(=O)NC(=O)C2)CC1=O. The summed E-state index contributed by atoms with van der Waals surface area (Å²) in [6.07, 6.45) is 1.81. The highest BCUT2D eigenvalue weighted by molar-refractivity contribution is 6.00. The molecular weight excluding hydrogens is 368 g/mol. The summed E-state index contributed by atoms with van der Waals surface area (Å²) in [5, 5.41) is 2.25. The van der Waals surface area contributed by atoms with Gasteiger partial charge in [0.15, 0.2) is 6.73 Å². The number of nitrogens with one attached hydrogen (secondary N) is 1. The van der Waals surface area contributed by atoms with Gasteiger partial charge in [-0.25, -0.2) is 4.90 Å². The summed E-state index contributed by atoms with van der Waals surface area (Å²) in [7, 11) is 0. The summed E-state index contributed by atoms with van der Waals surface area (Å²) >= 11 is 0. The maximum Gasteiger partial charge on any atom is 0.307 e. The fraction of sp³-hybridized carbons (Fsp3) is 0.722. The molecular formula is C18H28N4O6. The van der Waals surface area contributed by atoms with E-state index in [1.807, 2.05) is 20.8 Å². The molecule has 1 N–H and O–H groups in total. The Bertz CT molecular complexity index is 618. The molecule has 0 aromatic heterocycles. The van der Waals surface area contributed by atoms with Crippen molar-refractivity contribution in [3.63, 3.8) is 0 Å². The van der Waals surface area contributed by atoms with Crippen LogP contribution in [0.15, 0.2) is 0 Å². The average Bonchev–Trinajstić information content (AvgIpc) is 2.63. The number of amides is 4. The molecule has 4 amide bonds. The van der Waals surface area contributed by atoms with Crippen molar-refractivity contribution in [2.45, 2.75) is 52.1 Å². The monoisotopic (exact) mass is 396 g/mol. The van der Waals surface area contributed by atoms with E-state index in [0.717, 1.165) is 11.3 Å². The fourth-order valence-electron chi connectivity index (χ4n) is 3.23. The Morgan fingerprint density at radius 3 is 1.96 bits per heavy atom. The first kappa shape index (κ1) is 22.0. The first-order valence-corrected chi connectivity index (χ1v) is 9.52. The quantitative estimate of drug-likeness (QED) is 0.414. The van der Waals surface area contributed by atoms with E-state index in [4.69, 9.17) is 4.74 Å². The van der Waals surface area contributed by atoms with Crippen molar-refractivity contribution in [3.8, 4) is 0 Å². The molecule has 0 aromatic rings. The van der Waals surface area contributed by atoms with E-state index in [1.54, 1.807) is 9.80 Å². The van der Waals surface area contributed by atoms with Crippen molar-refractivity contribution >= 4 is 29.6 Å². The van der Waals surface area contributed by atoms with Gasteiger partial charge in [0, 0.05) is 18.5 Å². The molecule has 2 heterocycles. The number of nitrogens with zero attached hydrogens (tertiary/aromatic N) is 3. The van der Waals surface area contributed by atoms with E-state index in [-0.39, 0.29) is 63.2 Å². The van der Waals surface area contributed by atoms with E-state index in [0.29, 0.717) is 6.42 Å². The number of esters is 1. The van der Waals surface area contributed by atoms with Gasteiger partial charge in [0.2, 0.25) is 23.6 Å². The van der Waals surface area contributed by atoms with Crippen LogP contribution in [0.4, 0.5) is 0 Å². The molecule has 2 rings (SSSR count). The Labute approximate surface area is 164 Å². The highest BCUT2D eigenvalue weighted by atomic mass is 16.5. The van der Waals surface area contributed by atoms with Gasteiger partial charge in [0.1, 0.15) is 0 Å². The van der Waals surface area contributed by atoms with Gasteiger partial charge < -0.3 is 4.74 Å². The smallest absolute Gasteiger partial charge is 0.307 e. The lowest BCUT2D eigenvalue weighted by Gasteiger charge is -2.41. The van der Waals surface area contributed by atoms with Gasteiger partial charge in [0.25, 0.3) is 0 Å². The fourth-order valence-corrected chi connectivity index (χ4v) is 3.23. The number of unbranched alkanes of at least 4 members (excludes halogenated alkanes) is 1. The van der Waals surface area contributed by atoms with Crippen molar-refractivity contribution in [2.24, 2.45) is 0 Å². The third-order valence-corrected chi connectivity index (χ3v) is 5.19. The molecule has 2 aliphatic heterocycles. The molecule has 0 saturated carbocycles. The van der Waals surface area contributed by atoms with Gasteiger partial charge in [-0.05, 0) is 20.3 Å². The van der Waals surface area contributed by atoms with Crippen LogP contribution in [0.5, 0.6) is 0 Å².